The molecule has 126 valence electrons. The van der Waals surface area contributed by atoms with Gasteiger partial charge in [0.05, 0.1) is 30.2 Å². The van der Waals surface area contributed by atoms with Crippen LogP contribution in [0.3, 0.4) is 0 Å². The third-order valence-corrected chi connectivity index (χ3v) is 3.63. The Bertz CT molecular complexity index is 951. The van der Waals surface area contributed by atoms with Gasteiger partial charge in [0.15, 0.2) is 5.78 Å². The molecule has 0 radical (unpaired) electrons. The van der Waals surface area contributed by atoms with Crippen molar-refractivity contribution < 1.29 is 9.53 Å². The Morgan fingerprint density at radius 3 is 2.76 bits per heavy atom. The molecule has 0 amide bonds. The van der Waals surface area contributed by atoms with E-state index in [0.29, 0.717) is 11.4 Å². The number of hydrogen-bond donors (Lipinski definition) is 1. The molecule has 3 rings (SSSR count). The first-order valence-electron chi connectivity index (χ1n) is 7.64. The minimum atomic E-state index is -0.119. The van der Waals surface area contributed by atoms with Gasteiger partial charge < -0.3 is 10.5 Å². The molecule has 25 heavy (non-hydrogen) atoms. The van der Waals surface area contributed by atoms with Gasteiger partial charge >= 0.3 is 0 Å². The number of carbonyl (C=O) groups excluding carboxylic acids is 1. The first-order chi connectivity index (χ1) is 12.1. The molecular weight excluding hydrogens is 318 g/mol. The highest BCUT2D eigenvalue weighted by molar-refractivity contribution is 5.97. The summed E-state index contributed by atoms with van der Waals surface area (Å²) >= 11 is 0. The number of hydrogen-bond acceptors (Lipinski definition) is 6. The van der Waals surface area contributed by atoms with E-state index in [1.165, 1.54) is 13.3 Å². The standard InChI is InChI=1S/C18H17N5O2/c1-11-8-21-16(10-20-11)17(24)7-12-6-13-14(22-9-12)4-3-5-15(13)23-18(19)25-2/h3-6,8-10H,7H2,1-2H3,(H2,19,23). The van der Waals surface area contributed by atoms with Crippen LogP contribution in [0.25, 0.3) is 10.9 Å². The van der Waals surface area contributed by atoms with Crippen LogP contribution in [0.5, 0.6) is 0 Å². The number of aliphatic imine (C=N–C) groups is 1. The Hall–Kier alpha value is -3.35. The van der Waals surface area contributed by atoms with Crippen molar-refractivity contribution in [2.75, 3.05) is 7.11 Å². The molecule has 2 heterocycles. The molecule has 0 fully saturated rings. The molecule has 0 spiro atoms. The van der Waals surface area contributed by atoms with Crippen molar-refractivity contribution in [1.82, 2.24) is 15.0 Å². The first kappa shape index (κ1) is 16.5. The lowest BCUT2D eigenvalue weighted by molar-refractivity contribution is 0.0987. The third kappa shape index (κ3) is 3.77. The topological polar surface area (TPSA) is 103 Å². The first-order valence-corrected chi connectivity index (χ1v) is 7.64. The predicted molar refractivity (Wildman–Crippen MR) is 94.8 cm³/mol. The smallest absolute Gasteiger partial charge is 0.286 e. The number of aryl methyl sites for hydroxylation is 1. The second-order valence-electron chi connectivity index (χ2n) is 5.48. The zero-order valence-electron chi connectivity index (χ0n) is 13.9. The van der Waals surface area contributed by atoms with E-state index in [4.69, 9.17) is 10.5 Å². The molecule has 7 nitrogen and oxygen atoms in total. The van der Waals surface area contributed by atoms with Gasteiger partial charge in [-0.3, -0.25) is 14.8 Å². The second-order valence-corrected chi connectivity index (χ2v) is 5.48. The van der Waals surface area contributed by atoms with Crippen LogP contribution in [0.1, 0.15) is 21.7 Å². The molecule has 1 aromatic carbocycles. The Labute approximate surface area is 144 Å². The number of Topliss-reactive ketones (excluding diaryl/α,β-unsaturated/α-hetero) is 1. The van der Waals surface area contributed by atoms with Crippen LogP contribution in [0, 0.1) is 6.92 Å². The van der Waals surface area contributed by atoms with E-state index in [2.05, 4.69) is 19.9 Å². The molecule has 0 unspecified atom stereocenters. The van der Waals surface area contributed by atoms with E-state index >= 15 is 0 Å². The minimum Gasteiger partial charge on any atom is -0.469 e. The van der Waals surface area contributed by atoms with Gasteiger partial charge in [-0.15, -0.1) is 0 Å². The Morgan fingerprint density at radius 2 is 2.04 bits per heavy atom. The summed E-state index contributed by atoms with van der Waals surface area (Å²) in [5.41, 5.74) is 8.90. The highest BCUT2D eigenvalue weighted by Crippen LogP contribution is 2.26. The number of amidine groups is 1. The maximum absolute atomic E-state index is 12.4. The highest BCUT2D eigenvalue weighted by atomic mass is 16.5. The van der Waals surface area contributed by atoms with Gasteiger partial charge in [-0.2, -0.15) is 4.99 Å². The molecule has 2 aromatic heterocycles. The summed E-state index contributed by atoms with van der Waals surface area (Å²) in [6, 6.07) is 7.46. The van der Waals surface area contributed by atoms with Crippen LogP contribution in [-0.2, 0) is 11.2 Å². The zero-order chi connectivity index (χ0) is 17.8. The number of carbonyl (C=O) groups is 1. The predicted octanol–water partition coefficient (Wildman–Crippen LogP) is 2.35. The molecule has 0 aliphatic rings. The SMILES string of the molecule is COC(N)=Nc1cccc2ncc(CC(=O)c3cnc(C)cn3)cc12. The van der Waals surface area contributed by atoms with Crippen molar-refractivity contribution in [3.8, 4) is 0 Å². The van der Waals surface area contributed by atoms with E-state index < -0.39 is 0 Å². The highest BCUT2D eigenvalue weighted by Gasteiger charge is 2.11. The number of pyridine rings is 1. The number of aromatic nitrogens is 3. The van der Waals surface area contributed by atoms with Crippen molar-refractivity contribution >= 4 is 28.4 Å². The summed E-state index contributed by atoms with van der Waals surface area (Å²) in [4.78, 5) is 29.2. The van der Waals surface area contributed by atoms with Crippen molar-refractivity contribution in [3.63, 3.8) is 0 Å². The number of nitrogens with zero attached hydrogens (tertiary/aromatic N) is 4. The number of methoxy groups -OCH3 is 1. The molecule has 0 aliphatic carbocycles. The van der Waals surface area contributed by atoms with Crippen molar-refractivity contribution in [2.45, 2.75) is 13.3 Å². The van der Waals surface area contributed by atoms with Crippen LogP contribution in [-0.4, -0.2) is 33.9 Å². The number of rotatable bonds is 4. The van der Waals surface area contributed by atoms with Crippen molar-refractivity contribution in [3.05, 3.63) is 59.8 Å². The van der Waals surface area contributed by atoms with Gasteiger partial charge in [-0.25, -0.2) is 4.98 Å². The number of benzene rings is 1. The van der Waals surface area contributed by atoms with E-state index in [0.717, 1.165) is 22.2 Å². The molecule has 0 saturated heterocycles. The molecular formula is C18H17N5O2. The van der Waals surface area contributed by atoms with Gasteiger partial charge in [0.25, 0.3) is 6.02 Å². The summed E-state index contributed by atoms with van der Waals surface area (Å²) in [6.45, 7) is 1.82. The number of fused-ring (bicyclic) bond motifs is 1. The molecule has 0 aliphatic heterocycles. The fourth-order valence-electron chi connectivity index (χ4n) is 2.35. The number of ether oxygens (including phenoxy) is 1. The van der Waals surface area contributed by atoms with E-state index in [1.54, 1.807) is 12.4 Å². The summed E-state index contributed by atoms with van der Waals surface area (Å²) in [5.74, 6) is -0.119. The maximum Gasteiger partial charge on any atom is 0.286 e. The summed E-state index contributed by atoms with van der Waals surface area (Å²) in [6.07, 6.45) is 4.92. The van der Waals surface area contributed by atoms with Gasteiger partial charge in [-0.05, 0) is 30.7 Å². The Morgan fingerprint density at radius 1 is 1.20 bits per heavy atom. The summed E-state index contributed by atoms with van der Waals surface area (Å²) in [5, 5.41) is 0.794. The summed E-state index contributed by atoms with van der Waals surface area (Å²) < 4.78 is 4.90. The number of ketones is 1. The lowest BCUT2D eigenvalue weighted by atomic mass is 10.1. The molecule has 0 saturated carbocycles. The normalized spacial score (nSPS) is 11.5. The lowest BCUT2D eigenvalue weighted by Crippen LogP contribution is -2.12. The zero-order valence-corrected chi connectivity index (χ0v) is 13.9. The quantitative estimate of drug-likeness (QED) is 0.446. The van der Waals surface area contributed by atoms with Gasteiger partial charge in [0.2, 0.25) is 0 Å². The largest absolute Gasteiger partial charge is 0.469 e. The molecule has 3 aromatic rings. The summed E-state index contributed by atoms with van der Waals surface area (Å²) in [7, 11) is 1.45. The Kier molecular flexibility index (Phi) is 4.65. The van der Waals surface area contributed by atoms with Crippen molar-refractivity contribution in [2.24, 2.45) is 10.7 Å². The van der Waals surface area contributed by atoms with Crippen LogP contribution in [0.4, 0.5) is 5.69 Å². The van der Waals surface area contributed by atoms with Gasteiger partial charge in [-0.1, -0.05) is 6.07 Å². The van der Waals surface area contributed by atoms with Gasteiger partial charge in [0.1, 0.15) is 5.69 Å². The molecule has 7 heteroatoms. The number of nitrogens with two attached hydrogens (primary N) is 1. The van der Waals surface area contributed by atoms with Gasteiger partial charge in [0, 0.05) is 24.2 Å². The van der Waals surface area contributed by atoms with Crippen LogP contribution in [0.15, 0.2) is 47.8 Å². The monoisotopic (exact) mass is 335 g/mol. The molecule has 2 N–H and O–H groups in total. The fraction of sp³-hybridized carbons (Fsp3) is 0.167. The third-order valence-electron chi connectivity index (χ3n) is 3.63. The van der Waals surface area contributed by atoms with Crippen molar-refractivity contribution in [1.29, 1.82) is 0 Å². The van der Waals surface area contributed by atoms with E-state index in [1.807, 2.05) is 31.2 Å². The van der Waals surface area contributed by atoms with E-state index in [9.17, 15) is 4.79 Å². The maximum atomic E-state index is 12.4. The average molecular weight is 335 g/mol. The fourth-order valence-corrected chi connectivity index (χ4v) is 2.35. The molecule has 0 bridgehead atoms. The van der Waals surface area contributed by atoms with Crippen LogP contribution in [0.2, 0.25) is 0 Å². The lowest BCUT2D eigenvalue weighted by Gasteiger charge is -2.06. The molecule has 0 atom stereocenters. The average Bonchev–Trinajstić information content (AvgIpc) is 2.62. The second kappa shape index (κ2) is 7.04. The minimum absolute atomic E-state index is 0.0592. The van der Waals surface area contributed by atoms with Crippen LogP contribution >= 0.6 is 0 Å². The van der Waals surface area contributed by atoms with Crippen LogP contribution < -0.4 is 5.73 Å². The Balaban J connectivity index is 1.93. The van der Waals surface area contributed by atoms with E-state index in [-0.39, 0.29) is 18.2 Å².